The molecule has 0 saturated heterocycles. The number of hydrogen-bond donors (Lipinski definition) is 0. The molecule has 3 aromatic rings. The van der Waals surface area contributed by atoms with Gasteiger partial charge < -0.3 is 0 Å². The summed E-state index contributed by atoms with van der Waals surface area (Å²) in [5.41, 5.74) is 2.58. The van der Waals surface area contributed by atoms with Gasteiger partial charge in [0.05, 0.1) is 19.5 Å². The molecule has 0 saturated carbocycles. The second kappa shape index (κ2) is 9.97. The van der Waals surface area contributed by atoms with Gasteiger partial charge in [0.25, 0.3) is 0 Å². The summed E-state index contributed by atoms with van der Waals surface area (Å²) in [6, 6.07) is 21.7. The van der Waals surface area contributed by atoms with Crippen LogP contribution < -0.4 is 0 Å². The predicted molar refractivity (Wildman–Crippen MR) is 133 cm³/mol. The monoisotopic (exact) mass is 473 g/mol. The van der Waals surface area contributed by atoms with Crippen LogP contribution in [-0.4, -0.2) is 13.8 Å². The van der Waals surface area contributed by atoms with E-state index in [1.165, 1.54) is 16.7 Å². The van der Waals surface area contributed by atoms with Gasteiger partial charge in [-0.15, -0.1) is 0 Å². The van der Waals surface area contributed by atoms with Crippen molar-refractivity contribution in [2.24, 2.45) is 4.99 Å². The summed E-state index contributed by atoms with van der Waals surface area (Å²) in [6.07, 6.45) is 2.14. The second-order valence-corrected chi connectivity index (χ2v) is 15.2. The number of thioether (sulfide) groups is 1. The summed E-state index contributed by atoms with van der Waals surface area (Å²) in [5, 5.41) is 1.32. The molecule has 0 heterocycles. The Morgan fingerprint density at radius 3 is 2.17 bits per heavy atom. The van der Waals surface area contributed by atoms with E-state index in [0.717, 1.165) is 21.9 Å². The summed E-state index contributed by atoms with van der Waals surface area (Å²) in [5.74, 6) is -0.234. The molecule has 0 radical (unpaired) electrons. The van der Waals surface area contributed by atoms with Crippen molar-refractivity contribution in [3.8, 4) is 0 Å². The fraction of sp³-hybridized carbons (Fsp3) is 0.125. The minimum Gasteiger partial charge on any atom is -0.248 e. The molecule has 0 spiro atoms. The molecule has 154 valence electrons. The van der Waals surface area contributed by atoms with Gasteiger partial charge in [0.1, 0.15) is 5.82 Å². The van der Waals surface area contributed by atoms with Gasteiger partial charge in [-0.05, 0) is 65.2 Å². The van der Waals surface area contributed by atoms with Crippen molar-refractivity contribution in [3.63, 3.8) is 0 Å². The molecule has 0 aliphatic rings. The van der Waals surface area contributed by atoms with E-state index in [0.29, 0.717) is 10.0 Å². The maximum Gasteiger partial charge on any atom is 0.123 e. The van der Waals surface area contributed by atoms with Gasteiger partial charge in [0.15, 0.2) is 0 Å². The fourth-order valence-electron chi connectivity index (χ4n) is 2.64. The van der Waals surface area contributed by atoms with Gasteiger partial charge >= 0.3 is 0 Å². The topological polar surface area (TPSA) is 12.4 Å². The van der Waals surface area contributed by atoms with Gasteiger partial charge in [-0.3, -0.25) is 0 Å². The first kappa shape index (κ1) is 22.8. The first-order chi connectivity index (χ1) is 14.2. The molecule has 3 rings (SSSR count). The number of allylic oxidation sites excluding steroid dienone is 1. The Kier molecular flexibility index (Phi) is 7.58. The van der Waals surface area contributed by atoms with Crippen LogP contribution in [0.4, 0.5) is 10.1 Å². The highest BCUT2D eigenvalue weighted by atomic mass is 35.5. The molecule has 6 heteroatoms. The highest BCUT2D eigenvalue weighted by Crippen LogP contribution is 2.34. The van der Waals surface area contributed by atoms with Crippen LogP contribution in [0.15, 0.2) is 93.3 Å². The smallest absolute Gasteiger partial charge is 0.123 e. The molecule has 0 aliphatic heterocycles. The van der Waals surface area contributed by atoms with Crippen molar-refractivity contribution in [2.45, 2.75) is 24.5 Å². The van der Waals surface area contributed by atoms with E-state index in [9.17, 15) is 4.39 Å². The van der Waals surface area contributed by atoms with E-state index in [1.807, 2.05) is 60.7 Å². The number of rotatable bonds is 6. The summed E-state index contributed by atoms with van der Waals surface area (Å²) >= 11 is 13.9. The molecular weight excluding hydrogens is 452 g/mol. The molecular formula is C24H22Cl2FNSSi. The molecule has 0 unspecified atom stereocenters. The molecule has 0 fully saturated rings. The quantitative estimate of drug-likeness (QED) is 0.198. The Morgan fingerprint density at radius 1 is 0.900 bits per heavy atom. The third-order valence-corrected chi connectivity index (χ3v) is 9.34. The van der Waals surface area contributed by atoms with Crippen LogP contribution in [0.2, 0.25) is 29.7 Å². The van der Waals surface area contributed by atoms with Gasteiger partial charge in [0, 0.05) is 20.5 Å². The lowest BCUT2D eigenvalue weighted by atomic mass is 10.1. The number of nitrogens with zero attached hydrogens (tertiary/aromatic N) is 1. The zero-order valence-electron chi connectivity index (χ0n) is 17.0. The third kappa shape index (κ3) is 6.58. The molecule has 0 aromatic heterocycles. The normalized spacial score (nSPS) is 12.9. The van der Waals surface area contributed by atoms with Gasteiger partial charge in [-0.1, -0.05) is 72.8 Å². The SMILES string of the molecule is C[Si](C)(C)C(=CC(=Nc1cccc(Cl)c1)c1ccc(Cl)cc1)Sc1ccc(F)cc1. The molecule has 1 nitrogen and oxygen atoms in total. The van der Waals surface area contributed by atoms with E-state index in [1.54, 1.807) is 11.8 Å². The summed E-state index contributed by atoms with van der Waals surface area (Å²) in [7, 11) is -1.72. The van der Waals surface area contributed by atoms with Gasteiger partial charge in [-0.25, -0.2) is 9.38 Å². The molecule has 0 atom stereocenters. The average Bonchev–Trinajstić information content (AvgIpc) is 2.68. The van der Waals surface area contributed by atoms with E-state index < -0.39 is 8.07 Å². The van der Waals surface area contributed by atoms with Crippen LogP contribution in [0.25, 0.3) is 0 Å². The summed E-state index contributed by atoms with van der Waals surface area (Å²) < 4.78 is 14.6. The number of halogens is 3. The predicted octanol–water partition coefficient (Wildman–Crippen LogP) is 8.81. The van der Waals surface area contributed by atoms with E-state index >= 15 is 0 Å². The van der Waals surface area contributed by atoms with Crippen LogP contribution in [0.5, 0.6) is 0 Å². The molecule has 0 amide bonds. The van der Waals surface area contributed by atoms with Crippen LogP contribution >= 0.6 is 35.0 Å². The molecule has 0 aliphatic carbocycles. The lowest BCUT2D eigenvalue weighted by Crippen LogP contribution is -2.23. The average molecular weight is 475 g/mol. The molecule has 0 bridgehead atoms. The Hall–Kier alpha value is -1.85. The molecule has 0 N–H and O–H groups in total. The van der Waals surface area contributed by atoms with Crippen molar-refractivity contribution in [2.75, 3.05) is 0 Å². The number of hydrogen-bond acceptors (Lipinski definition) is 2. The highest BCUT2D eigenvalue weighted by molar-refractivity contribution is 8.05. The fourth-order valence-corrected chi connectivity index (χ4v) is 5.79. The zero-order valence-corrected chi connectivity index (χ0v) is 20.3. The Bertz CT molecular complexity index is 1070. The lowest BCUT2D eigenvalue weighted by molar-refractivity contribution is 0.626. The molecule has 3 aromatic carbocycles. The van der Waals surface area contributed by atoms with Crippen LogP contribution in [0, 0.1) is 5.82 Å². The van der Waals surface area contributed by atoms with E-state index in [-0.39, 0.29) is 5.82 Å². The zero-order chi connectivity index (χ0) is 21.7. The van der Waals surface area contributed by atoms with Crippen molar-refractivity contribution in [1.29, 1.82) is 0 Å². The number of aliphatic imine (C=N–C) groups is 1. The highest BCUT2D eigenvalue weighted by Gasteiger charge is 2.22. The Balaban J connectivity index is 2.10. The maximum atomic E-state index is 13.3. The first-order valence-electron chi connectivity index (χ1n) is 9.46. The minimum absolute atomic E-state index is 0.234. The van der Waals surface area contributed by atoms with Crippen LogP contribution in [0.1, 0.15) is 5.56 Å². The van der Waals surface area contributed by atoms with E-state index in [2.05, 4.69) is 25.7 Å². The lowest BCUT2D eigenvalue weighted by Gasteiger charge is -2.21. The summed E-state index contributed by atoms with van der Waals surface area (Å²) in [6.45, 7) is 6.86. The van der Waals surface area contributed by atoms with Crippen molar-refractivity contribution >= 4 is 54.4 Å². The van der Waals surface area contributed by atoms with Gasteiger partial charge in [-0.2, -0.15) is 0 Å². The van der Waals surface area contributed by atoms with Crippen molar-refractivity contribution in [1.82, 2.24) is 0 Å². The van der Waals surface area contributed by atoms with Crippen molar-refractivity contribution < 1.29 is 4.39 Å². The van der Waals surface area contributed by atoms with Crippen LogP contribution in [0.3, 0.4) is 0 Å². The number of benzene rings is 3. The van der Waals surface area contributed by atoms with Gasteiger partial charge in [0.2, 0.25) is 0 Å². The second-order valence-electron chi connectivity index (χ2n) is 7.80. The van der Waals surface area contributed by atoms with Crippen LogP contribution in [-0.2, 0) is 0 Å². The first-order valence-corrected chi connectivity index (χ1v) is 14.5. The third-order valence-electron chi connectivity index (χ3n) is 4.25. The van der Waals surface area contributed by atoms with E-state index in [4.69, 9.17) is 28.2 Å². The molecule has 30 heavy (non-hydrogen) atoms. The standard InChI is InChI=1S/C24H22Cl2FNSSi/c1-30(2,3)24(29-22-13-11-20(27)12-14-22)16-23(17-7-9-18(25)10-8-17)28-21-6-4-5-19(26)15-21/h4-16H,1-3H3. The largest absolute Gasteiger partial charge is 0.248 e. The Labute approximate surface area is 192 Å². The summed E-state index contributed by atoms with van der Waals surface area (Å²) in [4.78, 5) is 5.89. The maximum absolute atomic E-state index is 13.3. The minimum atomic E-state index is -1.72. The Morgan fingerprint density at radius 2 is 1.57 bits per heavy atom. The van der Waals surface area contributed by atoms with Crippen molar-refractivity contribution in [3.05, 3.63) is 105 Å².